The molecular weight excluding hydrogens is 444 g/mol. The lowest BCUT2D eigenvalue weighted by molar-refractivity contribution is -0.113. The molecule has 1 atom stereocenters. The van der Waals surface area contributed by atoms with Crippen LogP contribution in [-0.4, -0.2) is 37.3 Å². The number of thioether (sulfide) groups is 1. The van der Waals surface area contributed by atoms with E-state index in [4.69, 9.17) is 0 Å². The van der Waals surface area contributed by atoms with E-state index >= 15 is 0 Å². The Morgan fingerprint density at radius 2 is 1.88 bits per heavy atom. The Morgan fingerprint density at radius 3 is 2.47 bits per heavy atom. The fraction of sp³-hybridized carbons (Fsp3) is 0.409. The summed E-state index contributed by atoms with van der Waals surface area (Å²) in [5, 5.41) is 17.7. The van der Waals surface area contributed by atoms with Crippen LogP contribution in [0, 0.1) is 19.8 Å². The summed E-state index contributed by atoms with van der Waals surface area (Å²) in [6.45, 7) is 10.6. The predicted molar refractivity (Wildman–Crippen MR) is 128 cm³/mol. The number of nitrogens with zero attached hydrogens (tertiary/aromatic N) is 4. The quantitative estimate of drug-likeness (QED) is 0.452. The smallest absolute Gasteiger partial charge is 0.251 e. The van der Waals surface area contributed by atoms with Crippen LogP contribution >= 0.6 is 23.1 Å². The molecular formula is C22H28N6O2S2. The SMILES string of the molecule is CCn1c(SCC(=O)Nc2nc(C)cs2)nnc1C(NC(=O)c1ccc(C)cc1)C(C)C. The van der Waals surface area contributed by atoms with Crippen LogP contribution in [-0.2, 0) is 11.3 Å². The van der Waals surface area contributed by atoms with Gasteiger partial charge in [0.2, 0.25) is 5.91 Å². The van der Waals surface area contributed by atoms with E-state index in [9.17, 15) is 9.59 Å². The molecule has 3 aromatic rings. The number of anilines is 1. The van der Waals surface area contributed by atoms with Gasteiger partial charge in [-0.15, -0.1) is 21.5 Å². The van der Waals surface area contributed by atoms with Gasteiger partial charge in [0.1, 0.15) is 0 Å². The fourth-order valence-corrected chi connectivity index (χ4v) is 4.60. The van der Waals surface area contributed by atoms with Gasteiger partial charge in [-0.3, -0.25) is 9.59 Å². The Labute approximate surface area is 196 Å². The lowest BCUT2D eigenvalue weighted by atomic mass is 10.0. The first-order valence-corrected chi connectivity index (χ1v) is 12.3. The maximum absolute atomic E-state index is 12.8. The van der Waals surface area contributed by atoms with Crippen molar-refractivity contribution in [3.05, 3.63) is 52.3 Å². The van der Waals surface area contributed by atoms with Crippen LogP contribution in [0.25, 0.3) is 0 Å². The predicted octanol–water partition coefficient (Wildman–Crippen LogP) is 4.23. The zero-order valence-electron chi connectivity index (χ0n) is 18.9. The third-order valence-corrected chi connectivity index (χ3v) is 6.65. The first-order valence-electron chi connectivity index (χ1n) is 10.4. The summed E-state index contributed by atoms with van der Waals surface area (Å²) < 4.78 is 1.95. The van der Waals surface area contributed by atoms with Crippen molar-refractivity contribution < 1.29 is 9.59 Å². The molecule has 1 unspecified atom stereocenters. The molecule has 0 bridgehead atoms. The highest BCUT2D eigenvalue weighted by atomic mass is 32.2. The molecule has 170 valence electrons. The largest absolute Gasteiger partial charge is 0.342 e. The highest BCUT2D eigenvalue weighted by Crippen LogP contribution is 2.26. The normalized spacial score (nSPS) is 12.1. The molecule has 2 heterocycles. The van der Waals surface area contributed by atoms with Gasteiger partial charge in [0.25, 0.3) is 5.91 Å². The number of benzene rings is 1. The zero-order chi connectivity index (χ0) is 23.3. The van der Waals surface area contributed by atoms with E-state index in [1.807, 2.05) is 68.8 Å². The number of thiazole rings is 1. The Kier molecular flexibility index (Phi) is 8.03. The van der Waals surface area contributed by atoms with Crippen LogP contribution in [0.15, 0.2) is 34.8 Å². The zero-order valence-corrected chi connectivity index (χ0v) is 20.5. The Hall–Kier alpha value is -2.72. The third kappa shape index (κ3) is 5.95. The van der Waals surface area contributed by atoms with Crippen molar-refractivity contribution in [3.8, 4) is 0 Å². The lowest BCUT2D eigenvalue weighted by Gasteiger charge is -2.22. The molecule has 10 heteroatoms. The number of carbonyl (C=O) groups excluding carboxylic acids is 2. The molecule has 2 aromatic heterocycles. The van der Waals surface area contributed by atoms with Crippen molar-refractivity contribution in [2.24, 2.45) is 5.92 Å². The van der Waals surface area contributed by atoms with Gasteiger partial charge < -0.3 is 15.2 Å². The van der Waals surface area contributed by atoms with Crippen molar-refractivity contribution in [1.82, 2.24) is 25.1 Å². The van der Waals surface area contributed by atoms with Gasteiger partial charge in [0.05, 0.1) is 17.5 Å². The number of amides is 2. The van der Waals surface area contributed by atoms with E-state index in [1.54, 1.807) is 0 Å². The maximum Gasteiger partial charge on any atom is 0.251 e. The third-order valence-electron chi connectivity index (χ3n) is 4.80. The summed E-state index contributed by atoms with van der Waals surface area (Å²) in [5.74, 6) is 0.680. The van der Waals surface area contributed by atoms with Crippen LogP contribution in [0.4, 0.5) is 5.13 Å². The van der Waals surface area contributed by atoms with Gasteiger partial charge in [-0.05, 0) is 38.8 Å². The number of rotatable bonds is 9. The summed E-state index contributed by atoms with van der Waals surface area (Å²) in [6, 6.07) is 7.16. The standard InChI is InChI=1S/C22H28N6O2S2/c1-6-28-19(18(13(2)3)25-20(30)16-9-7-14(4)8-10-16)26-27-22(28)32-12-17(29)24-21-23-15(5)11-31-21/h7-11,13,18H,6,12H2,1-5H3,(H,25,30)(H,23,24,29). The number of nitrogens with one attached hydrogen (secondary N) is 2. The van der Waals surface area contributed by atoms with Gasteiger partial charge in [-0.25, -0.2) is 4.98 Å². The fourth-order valence-electron chi connectivity index (χ4n) is 3.09. The second-order valence-corrected chi connectivity index (χ2v) is 9.58. The monoisotopic (exact) mass is 472 g/mol. The number of hydrogen-bond acceptors (Lipinski definition) is 7. The van der Waals surface area contributed by atoms with E-state index in [2.05, 4.69) is 25.8 Å². The molecule has 8 nitrogen and oxygen atoms in total. The number of aromatic nitrogens is 4. The summed E-state index contributed by atoms with van der Waals surface area (Å²) in [5.41, 5.74) is 2.58. The van der Waals surface area contributed by atoms with Crippen molar-refractivity contribution in [1.29, 1.82) is 0 Å². The summed E-state index contributed by atoms with van der Waals surface area (Å²) in [7, 11) is 0. The van der Waals surface area contributed by atoms with Crippen LogP contribution in [0.5, 0.6) is 0 Å². The molecule has 0 aliphatic rings. The van der Waals surface area contributed by atoms with Crippen LogP contribution in [0.2, 0.25) is 0 Å². The van der Waals surface area contributed by atoms with Gasteiger partial charge in [-0.2, -0.15) is 0 Å². The molecule has 2 amide bonds. The Bertz CT molecular complexity index is 1070. The van der Waals surface area contributed by atoms with Gasteiger partial charge >= 0.3 is 0 Å². The highest BCUT2D eigenvalue weighted by Gasteiger charge is 2.26. The molecule has 32 heavy (non-hydrogen) atoms. The van der Waals surface area contributed by atoms with Crippen LogP contribution in [0.1, 0.15) is 54.3 Å². The maximum atomic E-state index is 12.8. The van der Waals surface area contributed by atoms with E-state index in [0.29, 0.717) is 28.2 Å². The van der Waals surface area contributed by atoms with E-state index in [-0.39, 0.29) is 29.5 Å². The first-order chi connectivity index (χ1) is 15.3. The molecule has 0 aliphatic heterocycles. The molecule has 0 fully saturated rings. The molecule has 0 saturated carbocycles. The Morgan fingerprint density at radius 1 is 1.16 bits per heavy atom. The van der Waals surface area contributed by atoms with E-state index < -0.39 is 0 Å². The molecule has 0 spiro atoms. The molecule has 0 radical (unpaired) electrons. The topological polar surface area (TPSA) is 102 Å². The second-order valence-electron chi connectivity index (χ2n) is 7.78. The molecule has 1 aromatic carbocycles. The average Bonchev–Trinajstić information content (AvgIpc) is 3.35. The minimum Gasteiger partial charge on any atom is -0.342 e. The second kappa shape index (κ2) is 10.7. The first kappa shape index (κ1) is 23.9. The highest BCUT2D eigenvalue weighted by molar-refractivity contribution is 7.99. The number of hydrogen-bond donors (Lipinski definition) is 2. The molecule has 0 saturated heterocycles. The number of aryl methyl sites for hydroxylation is 2. The van der Waals surface area contributed by atoms with Crippen molar-refractivity contribution >= 4 is 40.0 Å². The molecule has 3 rings (SSSR count). The lowest BCUT2D eigenvalue weighted by Crippen LogP contribution is -2.33. The van der Waals surface area contributed by atoms with Crippen LogP contribution < -0.4 is 10.6 Å². The van der Waals surface area contributed by atoms with Gasteiger partial charge in [-0.1, -0.05) is 43.3 Å². The van der Waals surface area contributed by atoms with Gasteiger partial charge in [0, 0.05) is 17.5 Å². The average molecular weight is 473 g/mol. The van der Waals surface area contributed by atoms with E-state index in [0.717, 1.165) is 11.3 Å². The van der Waals surface area contributed by atoms with E-state index in [1.165, 1.54) is 23.1 Å². The summed E-state index contributed by atoms with van der Waals surface area (Å²) >= 11 is 2.71. The molecule has 0 aliphatic carbocycles. The van der Waals surface area contributed by atoms with Crippen molar-refractivity contribution in [2.45, 2.75) is 52.4 Å². The molecule has 2 N–H and O–H groups in total. The minimum atomic E-state index is -0.308. The van der Waals surface area contributed by atoms with Gasteiger partial charge in [0.15, 0.2) is 16.1 Å². The van der Waals surface area contributed by atoms with Crippen molar-refractivity contribution in [2.75, 3.05) is 11.1 Å². The van der Waals surface area contributed by atoms with Crippen molar-refractivity contribution in [3.63, 3.8) is 0 Å². The summed E-state index contributed by atoms with van der Waals surface area (Å²) in [6.07, 6.45) is 0. The van der Waals surface area contributed by atoms with Crippen LogP contribution in [0.3, 0.4) is 0 Å². The summed E-state index contributed by atoms with van der Waals surface area (Å²) in [4.78, 5) is 29.3. The Balaban J connectivity index is 1.70. The minimum absolute atomic E-state index is 0.105. The number of carbonyl (C=O) groups is 2.